The molecule has 0 unspecified atom stereocenters. The Balaban J connectivity index is 2.20. The van der Waals surface area contributed by atoms with Crippen molar-refractivity contribution in [2.75, 3.05) is 6.61 Å². The van der Waals surface area contributed by atoms with E-state index in [0.717, 1.165) is 10.1 Å². The molecule has 0 N–H and O–H groups in total. The Kier molecular flexibility index (Phi) is 4.71. The van der Waals surface area contributed by atoms with Gasteiger partial charge in [0.2, 0.25) is 0 Å². The Morgan fingerprint density at radius 3 is 2.65 bits per heavy atom. The van der Waals surface area contributed by atoms with Crippen LogP contribution in [0, 0.1) is 28.4 Å². The van der Waals surface area contributed by atoms with Crippen LogP contribution in [0.1, 0.15) is 18.1 Å². The smallest absolute Gasteiger partial charge is 0.297 e. The van der Waals surface area contributed by atoms with Crippen LogP contribution in [-0.4, -0.2) is 25.5 Å². The van der Waals surface area contributed by atoms with Crippen LogP contribution in [0.15, 0.2) is 52.2 Å². The molecular weight excluding hydrogens is 402 g/mol. The lowest BCUT2D eigenvalue weighted by atomic mass is 10.2. The maximum absolute atomic E-state index is 13.1. The Hall–Kier alpha value is -4.52. The molecule has 0 atom stereocenters. The number of rotatable bonds is 4. The molecule has 4 aromatic rings. The first-order chi connectivity index (χ1) is 14.8. The quantitative estimate of drug-likeness (QED) is 0.283. The summed E-state index contributed by atoms with van der Waals surface area (Å²) in [6.45, 7) is 3.84. The molecule has 0 aliphatic carbocycles. The van der Waals surface area contributed by atoms with Gasteiger partial charge in [-0.15, -0.1) is 0 Å². The average Bonchev–Trinajstić information content (AvgIpc) is 2.75. The van der Waals surface area contributed by atoms with Gasteiger partial charge in [0, 0.05) is 6.20 Å². The summed E-state index contributed by atoms with van der Waals surface area (Å²) in [7, 11) is 0. The van der Waals surface area contributed by atoms with Gasteiger partial charge < -0.3 is 4.74 Å². The van der Waals surface area contributed by atoms with Gasteiger partial charge in [-0.3, -0.25) is 28.7 Å². The minimum Gasteiger partial charge on any atom is -0.494 e. The lowest BCUT2D eigenvalue weighted by molar-refractivity contribution is -0.384. The van der Waals surface area contributed by atoms with Crippen molar-refractivity contribution >= 4 is 22.4 Å². The van der Waals surface area contributed by atoms with E-state index in [1.165, 1.54) is 28.7 Å². The third-order valence-corrected chi connectivity index (χ3v) is 4.74. The molecule has 0 amide bonds. The zero-order chi connectivity index (χ0) is 22.3. The Bertz CT molecular complexity index is 1540. The molecule has 3 aromatic heterocycles. The number of nitrogens with zero attached hydrogens (tertiary/aromatic N) is 5. The first-order valence-corrected chi connectivity index (χ1v) is 9.26. The highest BCUT2D eigenvalue weighted by molar-refractivity contribution is 5.80. The molecule has 0 aliphatic rings. The van der Waals surface area contributed by atoms with Gasteiger partial charge in [0.05, 0.1) is 23.0 Å². The van der Waals surface area contributed by atoms with Gasteiger partial charge in [-0.2, -0.15) is 5.26 Å². The maximum atomic E-state index is 13.1. The summed E-state index contributed by atoms with van der Waals surface area (Å²) in [4.78, 5) is 41.7. The number of nitro groups is 1. The van der Waals surface area contributed by atoms with Gasteiger partial charge in [0.25, 0.3) is 16.8 Å². The average molecular weight is 417 g/mol. The third-order valence-electron chi connectivity index (χ3n) is 4.74. The van der Waals surface area contributed by atoms with E-state index in [0.29, 0.717) is 6.61 Å². The molecular formula is C21H15N5O5. The second kappa shape index (κ2) is 7.38. The molecule has 3 heterocycles. The molecule has 0 fully saturated rings. The molecule has 1 aromatic carbocycles. The van der Waals surface area contributed by atoms with Crippen molar-refractivity contribution in [2.45, 2.75) is 13.8 Å². The van der Waals surface area contributed by atoms with Gasteiger partial charge in [0.15, 0.2) is 5.65 Å². The number of hydrogen-bond donors (Lipinski definition) is 0. The van der Waals surface area contributed by atoms with Crippen LogP contribution < -0.4 is 15.9 Å². The van der Waals surface area contributed by atoms with Crippen molar-refractivity contribution in [3.8, 4) is 17.5 Å². The number of aryl methyl sites for hydroxylation is 1. The van der Waals surface area contributed by atoms with Crippen molar-refractivity contribution in [2.24, 2.45) is 0 Å². The number of nitriles is 1. The molecule has 0 saturated heterocycles. The Morgan fingerprint density at radius 1 is 1.19 bits per heavy atom. The maximum Gasteiger partial charge on any atom is 0.297 e. The highest BCUT2D eigenvalue weighted by atomic mass is 16.6. The van der Waals surface area contributed by atoms with Crippen LogP contribution in [0.4, 0.5) is 5.69 Å². The van der Waals surface area contributed by atoms with Gasteiger partial charge in [-0.25, -0.2) is 4.98 Å². The van der Waals surface area contributed by atoms with Gasteiger partial charge >= 0.3 is 0 Å². The molecule has 0 bridgehead atoms. The molecule has 10 nitrogen and oxygen atoms in total. The van der Waals surface area contributed by atoms with Crippen LogP contribution in [0.2, 0.25) is 0 Å². The van der Waals surface area contributed by atoms with Crippen LogP contribution >= 0.6 is 0 Å². The highest BCUT2D eigenvalue weighted by Crippen LogP contribution is 2.29. The summed E-state index contributed by atoms with van der Waals surface area (Å²) in [5.41, 5.74) is -1.19. The highest BCUT2D eigenvalue weighted by Gasteiger charge is 2.23. The Labute approximate surface area is 174 Å². The predicted octanol–water partition coefficient (Wildman–Crippen LogP) is 2.49. The van der Waals surface area contributed by atoms with Crippen LogP contribution in [0.25, 0.3) is 22.4 Å². The van der Waals surface area contributed by atoms with Crippen molar-refractivity contribution < 1.29 is 9.66 Å². The molecule has 0 saturated carbocycles. The number of hydrogen-bond acceptors (Lipinski definition) is 7. The van der Waals surface area contributed by atoms with E-state index in [4.69, 9.17) is 4.74 Å². The van der Waals surface area contributed by atoms with E-state index in [1.807, 2.05) is 0 Å². The number of nitro benzene ring substituents is 1. The predicted molar refractivity (Wildman–Crippen MR) is 112 cm³/mol. The Morgan fingerprint density at radius 2 is 1.97 bits per heavy atom. The van der Waals surface area contributed by atoms with E-state index in [1.54, 1.807) is 38.2 Å². The summed E-state index contributed by atoms with van der Waals surface area (Å²) >= 11 is 0. The second-order valence-corrected chi connectivity index (χ2v) is 6.74. The zero-order valence-corrected chi connectivity index (χ0v) is 16.5. The summed E-state index contributed by atoms with van der Waals surface area (Å²) in [6, 6.07) is 10.3. The largest absolute Gasteiger partial charge is 0.494 e. The standard InChI is InChI=1S/C21H15N5O5/c1-3-31-14-5-6-16(17(9-14)26(29)30)25-19-15(8-13(10-22)20(25)27)21(28)24-11-12(2)4-7-18(24)23-19/h4-9,11H,3H2,1-2H3. The van der Waals surface area contributed by atoms with Gasteiger partial charge in [-0.05, 0) is 43.7 Å². The molecule has 0 spiro atoms. The van der Waals surface area contributed by atoms with E-state index in [2.05, 4.69) is 4.98 Å². The van der Waals surface area contributed by atoms with Gasteiger partial charge in [0.1, 0.15) is 28.7 Å². The fraction of sp³-hybridized carbons (Fsp3) is 0.143. The topological polar surface area (TPSA) is 133 Å². The SMILES string of the molecule is CCOc1ccc(-n2c(=O)c(C#N)cc3c(=O)n4cc(C)ccc4nc32)c([N+](=O)[O-])c1. The van der Waals surface area contributed by atoms with E-state index < -0.39 is 21.7 Å². The minimum atomic E-state index is -0.814. The lowest BCUT2D eigenvalue weighted by Gasteiger charge is -2.13. The molecule has 0 radical (unpaired) electrons. The van der Waals surface area contributed by atoms with Gasteiger partial charge in [-0.1, -0.05) is 6.07 Å². The normalized spacial score (nSPS) is 10.9. The minimum absolute atomic E-state index is 0.0116. The number of aromatic nitrogens is 3. The van der Waals surface area contributed by atoms with Crippen molar-refractivity contribution in [3.05, 3.63) is 84.5 Å². The number of benzene rings is 1. The third kappa shape index (κ3) is 3.18. The molecule has 10 heteroatoms. The number of fused-ring (bicyclic) bond motifs is 2. The summed E-state index contributed by atoms with van der Waals surface area (Å²) < 4.78 is 7.56. The fourth-order valence-corrected chi connectivity index (χ4v) is 3.37. The molecule has 0 aliphatic heterocycles. The first-order valence-electron chi connectivity index (χ1n) is 9.26. The van der Waals surface area contributed by atoms with E-state index in [-0.39, 0.29) is 33.7 Å². The second-order valence-electron chi connectivity index (χ2n) is 6.74. The fourth-order valence-electron chi connectivity index (χ4n) is 3.37. The summed E-state index contributed by atoms with van der Waals surface area (Å²) in [5, 5.41) is 21.2. The molecule has 154 valence electrons. The summed E-state index contributed by atoms with van der Waals surface area (Å²) in [5.74, 6) is 0.251. The van der Waals surface area contributed by atoms with Crippen LogP contribution in [-0.2, 0) is 0 Å². The zero-order valence-electron chi connectivity index (χ0n) is 16.5. The van der Waals surface area contributed by atoms with Crippen molar-refractivity contribution in [3.63, 3.8) is 0 Å². The van der Waals surface area contributed by atoms with Crippen molar-refractivity contribution in [1.29, 1.82) is 5.26 Å². The van der Waals surface area contributed by atoms with Crippen molar-refractivity contribution in [1.82, 2.24) is 14.0 Å². The summed E-state index contributed by atoms with van der Waals surface area (Å²) in [6.07, 6.45) is 1.59. The van der Waals surface area contributed by atoms with E-state index in [9.17, 15) is 25.0 Å². The van der Waals surface area contributed by atoms with Crippen LogP contribution in [0.5, 0.6) is 5.75 Å². The first kappa shape index (κ1) is 19.8. The monoisotopic (exact) mass is 417 g/mol. The molecule has 31 heavy (non-hydrogen) atoms. The lowest BCUT2D eigenvalue weighted by Crippen LogP contribution is -2.26. The molecule has 4 rings (SSSR count). The van der Waals surface area contributed by atoms with E-state index >= 15 is 0 Å². The number of ether oxygens (including phenoxy) is 1. The van der Waals surface area contributed by atoms with Crippen LogP contribution in [0.3, 0.4) is 0 Å². The number of pyridine rings is 2.